The molecule has 22 heavy (non-hydrogen) atoms. The average Bonchev–Trinajstić information content (AvgIpc) is 2.49. The molecule has 0 saturated carbocycles. The zero-order valence-corrected chi connectivity index (χ0v) is 11.2. The third-order valence-electron chi connectivity index (χ3n) is 3.11. The lowest BCUT2D eigenvalue weighted by molar-refractivity contribution is 0.450. The molecule has 0 radical (unpaired) electrons. The third-order valence-corrected chi connectivity index (χ3v) is 3.11. The summed E-state index contributed by atoms with van der Waals surface area (Å²) in [6.45, 7) is 0. The van der Waals surface area contributed by atoms with Crippen LogP contribution in [0.1, 0.15) is 5.56 Å². The van der Waals surface area contributed by atoms with Crippen LogP contribution in [0, 0.1) is 0 Å². The number of phenolic OH excluding ortho intramolecular Hbond substituents is 2. The highest BCUT2D eigenvalue weighted by atomic mass is 16.3. The molecule has 0 saturated heterocycles. The number of hydrogen-bond acceptors (Lipinski definition) is 5. The van der Waals surface area contributed by atoms with E-state index in [-0.39, 0.29) is 17.1 Å². The van der Waals surface area contributed by atoms with Crippen molar-refractivity contribution in [1.82, 2.24) is 9.66 Å². The van der Waals surface area contributed by atoms with Crippen molar-refractivity contribution in [3.63, 3.8) is 0 Å². The largest absolute Gasteiger partial charge is 0.508 e. The van der Waals surface area contributed by atoms with E-state index in [1.54, 1.807) is 24.3 Å². The van der Waals surface area contributed by atoms with Crippen LogP contribution < -0.4 is 11.2 Å². The van der Waals surface area contributed by atoms with E-state index in [2.05, 4.69) is 10.1 Å². The molecule has 1 aromatic heterocycles. The van der Waals surface area contributed by atoms with Gasteiger partial charge in [-0.05, 0) is 24.3 Å². The lowest BCUT2D eigenvalue weighted by Crippen LogP contribution is -2.32. The number of aromatic nitrogens is 2. The molecule has 0 fully saturated rings. The minimum atomic E-state index is -0.682. The fourth-order valence-corrected chi connectivity index (χ4v) is 2.02. The van der Waals surface area contributed by atoms with Crippen LogP contribution in [0.25, 0.3) is 10.9 Å². The van der Waals surface area contributed by atoms with Crippen molar-refractivity contribution < 1.29 is 10.2 Å². The van der Waals surface area contributed by atoms with Crippen LogP contribution >= 0.6 is 0 Å². The van der Waals surface area contributed by atoms with Crippen molar-refractivity contribution in [3.05, 3.63) is 68.9 Å². The van der Waals surface area contributed by atoms with Crippen LogP contribution in [0.4, 0.5) is 0 Å². The van der Waals surface area contributed by atoms with Crippen molar-refractivity contribution in [2.45, 2.75) is 0 Å². The highest BCUT2D eigenvalue weighted by Gasteiger charge is 2.06. The molecule has 0 aliphatic rings. The summed E-state index contributed by atoms with van der Waals surface area (Å²) in [6, 6.07) is 10.5. The van der Waals surface area contributed by atoms with Crippen LogP contribution in [-0.2, 0) is 0 Å². The molecule has 0 aliphatic heterocycles. The maximum absolute atomic E-state index is 12.2. The van der Waals surface area contributed by atoms with E-state index in [0.29, 0.717) is 15.6 Å². The van der Waals surface area contributed by atoms with Crippen molar-refractivity contribution in [3.8, 4) is 11.5 Å². The molecule has 0 spiro atoms. The number of rotatable bonds is 2. The third kappa shape index (κ3) is 2.35. The Morgan fingerprint density at radius 1 is 1.09 bits per heavy atom. The highest BCUT2D eigenvalue weighted by Crippen LogP contribution is 2.20. The summed E-state index contributed by atoms with van der Waals surface area (Å²) in [7, 11) is 0. The number of phenols is 2. The predicted molar refractivity (Wildman–Crippen MR) is 81.6 cm³/mol. The number of benzene rings is 2. The standard InChI is InChI=1S/C15H11N3O4/c19-10-6-5-9(13(20)7-10)8-16-18-14(21)11-3-1-2-4-12(11)17-15(18)22/h1-8,19-20H,(H,17,22)/b16-8-. The summed E-state index contributed by atoms with van der Waals surface area (Å²) in [5, 5.41) is 23.0. The van der Waals surface area contributed by atoms with E-state index in [1.807, 2.05) is 0 Å². The van der Waals surface area contributed by atoms with Gasteiger partial charge in [-0.25, -0.2) is 4.79 Å². The summed E-state index contributed by atoms with van der Waals surface area (Å²) in [4.78, 5) is 26.7. The molecule has 1 heterocycles. The van der Waals surface area contributed by atoms with Gasteiger partial charge in [0.2, 0.25) is 0 Å². The van der Waals surface area contributed by atoms with Gasteiger partial charge in [0, 0.05) is 11.6 Å². The molecule has 7 heteroatoms. The molecule has 0 amide bonds. The van der Waals surface area contributed by atoms with E-state index < -0.39 is 11.2 Å². The van der Waals surface area contributed by atoms with Gasteiger partial charge in [0.25, 0.3) is 5.56 Å². The number of H-pyrrole nitrogens is 1. The van der Waals surface area contributed by atoms with E-state index in [0.717, 1.165) is 6.07 Å². The van der Waals surface area contributed by atoms with Gasteiger partial charge < -0.3 is 15.2 Å². The fraction of sp³-hybridized carbons (Fsp3) is 0. The normalized spacial score (nSPS) is 11.3. The molecular formula is C15H11N3O4. The van der Waals surface area contributed by atoms with E-state index in [9.17, 15) is 19.8 Å². The Hall–Kier alpha value is -3.35. The topological polar surface area (TPSA) is 108 Å². The fourth-order valence-electron chi connectivity index (χ4n) is 2.02. The second-order valence-electron chi connectivity index (χ2n) is 4.58. The number of hydrogen-bond donors (Lipinski definition) is 3. The minimum Gasteiger partial charge on any atom is -0.508 e. The number of para-hydroxylation sites is 1. The average molecular weight is 297 g/mol. The van der Waals surface area contributed by atoms with Crippen LogP contribution in [-0.4, -0.2) is 26.1 Å². The summed E-state index contributed by atoms with van der Waals surface area (Å²) >= 11 is 0. The maximum Gasteiger partial charge on any atom is 0.349 e. The first-order valence-corrected chi connectivity index (χ1v) is 6.36. The Labute approximate surface area is 123 Å². The van der Waals surface area contributed by atoms with Crippen LogP contribution in [0.2, 0.25) is 0 Å². The van der Waals surface area contributed by atoms with Gasteiger partial charge in [-0.3, -0.25) is 4.79 Å². The molecule has 0 unspecified atom stereocenters. The maximum atomic E-state index is 12.2. The Kier molecular flexibility index (Phi) is 3.23. The second-order valence-corrected chi connectivity index (χ2v) is 4.58. The molecule has 0 atom stereocenters. The van der Waals surface area contributed by atoms with Crippen molar-refractivity contribution in [2.24, 2.45) is 5.10 Å². The Bertz CT molecular complexity index is 1000. The lowest BCUT2D eigenvalue weighted by Gasteiger charge is -2.01. The summed E-state index contributed by atoms with van der Waals surface area (Å²) in [5.74, 6) is -0.315. The number of aromatic hydroxyl groups is 2. The van der Waals surface area contributed by atoms with Crippen molar-refractivity contribution >= 4 is 17.1 Å². The van der Waals surface area contributed by atoms with Gasteiger partial charge in [0.05, 0.1) is 17.1 Å². The Morgan fingerprint density at radius 3 is 2.64 bits per heavy atom. The van der Waals surface area contributed by atoms with Crippen LogP contribution in [0.3, 0.4) is 0 Å². The molecule has 0 bridgehead atoms. The quantitative estimate of drug-likeness (QED) is 0.613. The molecule has 7 nitrogen and oxygen atoms in total. The number of nitrogens with zero attached hydrogens (tertiary/aromatic N) is 2. The zero-order chi connectivity index (χ0) is 15.7. The molecule has 2 aromatic carbocycles. The van der Waals surface area contributed by atoms with Gasteiger partial charge >= 0.3 is 5.69 Å². The summed E-state index contributed by atoms with van der Waals surface area (Å²) < 4.78 is 0.675. The molecular weight excluding hydrogens is 286 g/mol. The summed E-state index contributed by atoms with van der Waals surface area (Å²) in [5.41, 5.74) is -0.555. The van der Waals surface area contributed by atoms with E-state index in [4.69, 9.17) is 0 Å². The number of fused-ring (bicyclic) bond motifs is 1. The number of nitrogens with one attached hydrogen (secondary N) is 1. The van der Waals surface area contributed by atoms with Gasteiger partial charge in [-0.15, -0.1) is 4.68 Å². The van der Waals surface area contributed by atoms with Gasteiger partial charge in [-0.1, -0.05) is 12.1 Å². The van der Waals surface area contributed by atoms with Crippen LogP contribution in [0.15, 0.2) is 57.2 Å². The Morgan fingerprint density at radius 2 is 1.86 bits per heavy atom. The van der Waals surface area contributed by atoms with E-state index in [1.165, 1.54) is 18.3 Å². The molecule has 3 N–H and O–H groups in total. The molecule has 3 rings (SSSR count). The van der Waals surface area contributed by atoms with Gasteiger partial charge in [0.1, 0.15) is 11.5 Å². The molecule has 0 aliphatic carbocycles. The van der Waals surface area contributed by atoms with Gasteiger partial charge in [0.15, 0.2) is 0 Å². The monoisotopic (exact) mass is 297 g/mol. The minimum absolute atomic E-state index is 0.102. The van der Waals surface area contributed by atoms with Gasteiger partial charge in [-0.2, -0.15) is 5.10 Å². The zero-order valence-electron chi connectivity index (χ0n) is 11.2. The smallest absolute Gasteiger partial charge is 0.349 e. The molecule has 3 aromatic rings. The van der Waals surface area contributed by atoms with Crippen molar-refractivity contribution in [1.29, 1.82) is 0 Å². The highest BCUT2D eigenvalue weighted by molar-refractivity contribution is 5.83. The van der Waals surface area contributed by atoms with Crippen molar-refractivity contribution in [2.75, 3.05) is 0 Å². The Balaban J connectivity index is 2.13. The second kappa shape index (κ2) is 5.21. The lowest BCUT2D eigenvalue weighted by atomic mass is 10.2. The van der Waals surface area contributed by atoms with E-state index >= 15 is 0 Å². The first kappa shape index (κ1) is 13.6. The number of aromatic amines is 1. The SMILES string of the molecule is O=c1[nH]c2ccccc2c(=O)n1/N=C\c1ccc(O)cc1O. The predicted octanol–water partition coefficient (Wildman–Crippen LogP) is 0.983. The first-order valence-electron chi connectivity index (χ1n) is 6.36. The first-order chi connectivity index (χ1) is 10.6. The van der Waals surface area contributed by atoms with Crippen LogP contribution in [0.5, 0.6) is 11.5 Å². The summed E-state index contributed by atoms with van der Waals surface area (Å²) in [6.07, 6.45) is 1.17. The molecule has 110 valence electrons.